The second-order valence-electron chi connectivity index (χ2n) is 7.95. The van der Waals surface area contributed by atoms with Crippen molar-refractivity contribution in [3.8, 4) is 0 Å². The molecule has 0 aliphatic heterocycles. The van der Waals surface area contributed by atoms with Gasteiger partial charge >= 0.3 is 6.18 Å². The van der Waals surface area contributed by atoms with E-state index in [1.165, 1.54) is 0 Å². The van der Waals surface area contributed by atoms with E-state index in [1.54, 1.807) is 24.3 Å². The summed E-state index contributed by atoms with van der Waals surface area (Å²) in [4.78, 5) is 18.7. The maximum absolute atomic E-state index is 13.5. The van der Waals surface area contributed by atoms with Crippen molar-refractivity contribution in [3.05, 3.63) is 30.1 Å². The van der Waals surface area contributed by atoms with E-state index >= 15 is 0 Å². The van der Waals surface area contributed by atoms with E-state index in [2.05, 4.69) is 11.9 Å². The Morgan fingerprint density at radius 1 is 1.11 bits per heavy atom. The summed E-state index contributed by atoms with van der Waals surface area (Å²) in [5.74, 6) is -0.553. The first-order valence-corrected chi connectivity index (χ1v) is 9.68. The Morgan fingerprint density at radius 3 is 2.30 bits per heavy atom. The van der Waals surface area contributed by atoms with Gasteiger partial charge in [-0.05, 0) is 56.6 Å². The Morgan fingerprint density at radius 2 is 1.70 bits per heavy atom. The van der Waals surface area contributed by atoms with E-state index in [9.17, 15) is 18.0 Å². The van der Waals surface area contributed by atoms with Gasteiger partial charge in [0, 0.05) is 12.1 Å². The highest BCUT2D eigenvalue weighted by Crippen LogP contribution is 2.36. The predicted molar refractivity (Wildman–Crippen MR) is 96.0 cm³/mol. The SMILES string of the molecule is CC1CCC(N(C(=O)Cn2c(C(F)(F)F)nc3ccccc32)C2CC2)CC1. The molecule has 146 valence electrons. The third kappa shape index (κ3) is 3.69. The molecule has 0 unspecified atom stereocenters. The van der Waals surface area contributed by atoms with Crippen LogP contribution in [0, 0.1) is 5.92 Å². The van der Waals surface area contributed by atoms with Gasteiger partial charge in [0.1, 0.15) is 6.54 Å². The summed E-state index contributed by atoms with van der Waals surface area (Å²) in [7, 11) is 0. The second-order valence-corrected chi connectivity index (χ2v) is 7.95. The quantitative estimate of drug-likeness (QED) is 0.777. The van der Waals surface area contributed by atoms with Crippen LogP contribution in [0.5, 0.6) is 0 Å². The molecule has 0 N–H and O–H groups in total. The van der Waals surface area contributed by atoms with E-state index in [1.807, 2.05) is 4.90 Å². The first-order chi connectivity index (χ1) is 12.8. The number of halogens is 3. The topological polar surface area (TPSA) is 38.1 Å². The highest BCUT2D eigenvalue weighted by Gasteiger charge is 2.41. The van der Waals surface area contributed by atoms with Gasteiger partial charge < -0.3 is 9.47 Å². The normalized spacial score (nSPS) is 23.6. The van der Waals surface area contributed by atoms with Crippen molar-refractivity contribution in [1.29, 1.82) is 0 Å². The van der Waals surface area contributed by atoms with Crippen LogP contribution in [0.3, 0.4) is 0 Å². The van der Waals surface area contributed by atoms with Crippen LogP contribution in [-0.2, 0) is 17.5 Å². The van der Waals surface area contributed by atoms with E-state index in [-0.39, 0.29) is 30.1 Å². The maximum Gasteiger partial charge on any atom is 0.449 e. The van der Waals surface area contributed by atoms with Gasteiger partial charge in [-0.2, -0.15) is 13.2 Å². The lowest BCUT2D eigenvalue weighted by molar-refractivity contribution is -0.148. The summed E-state index contributed by atoms with van der Waals surface area (Å²) < 4.78 is 41.5. The molecule has 2 fully saturated rings. The van der Waals surface area contributed by atoms with Crippen molar-refractivity contribution in [2.75, 3.05) is 0 Å². The monoisotopic (exact) mass is 379 g/mol. The first-order valence-electron chi connectivity index (χ1n) is 9.68. The third-order valence-corrected chi connectivity index (χ3v) is 5.81. The minimum absolute atomic E-state index is 0.158. The molecule has 27 heavy (non-hydrogen) atoms. The lowest BCUT2D eigenvalue weighted by Crippen LogP contribution is -2.45. The first kappa shape index (κ1) is 18.3. The number of benzene rings is 1. The molecular weight excluding hydrogens is 355 g/mol. The van der Waals surface area contributed by atoms with Crippen LogP contribution in [0.2, 0.25) is 0 Å². The minimum atomic E-state index is -4.59. The van der Waals surface area contributed by atoms with Crippen LogP contribution in [0.4, 0.5) is 13.2 Å². The Labute approximate surface area is 156 Å². The number of imidazole rings is 1. The van der Waals surface area contributed by atoms with Crippen LogP contribution in [0.1, 0.15) is 51.3 Å². The molecule has 7 heteroatoms. The number of hydrogen-bond acceptors (Lipinski definition) is 2. The van der Waals surface area contributed by atoms with Crippen molar-refractivity contribution < 1.29 is 18.0 Å². The summed E-state index contributed by atoms with van der Waals surface area (Å²) in [6.45, 7) is 1.91. The number of carbonyl (C=O) groups excluding carboxylic acids is 1. The molecule has 0 bridgehead atoms. The molecule has 1 heterocycles. The Kier molecular flexibility index (Phi) is 4.64. The largest absolute Gasteiger partial charge is 0.449 e. The Bertz CT molecular complexity index is 833. The van der Waals surface area contributed by atoms with Crippen molar-refractivity contribution in [2.45, 2.75) is 70.3 Å². The molecule has 4 nitrogen and oxygen atoms in total. The summed E-state index contributed by atoms with van der Waals surface area (Å²) in [5, 5.41) is 0. The number of hydrogen-bond donors (Lipinski definition) is 0. The molecule has 1 aromatic heterocycles. The van der Waals surface area contributed by atoms with Crippen LogP contribution < -0.4 is 0 Å². The van der Waals surface area contributed by atoms with E-state index in [4.69, 9.17) is 0 Å². The van der Waals surface area contributed by atoms with Gasteiger partial charge in [0.25, 0.3) is 0 Å². The van der Waals surface area contributed by atoms with Crippen LogP contribution in [0.15, 0.2) is 24.3 Å². The smallest absolute Gasteiger partial charge is 0.335 e. The molecule has 2 aliphatic rings. The van der Waals surface area contributed by atoms with E-state index < -0.39 is 12.0 Å². The van der Waals surface area contributed by atoms with E-state index in [0.29, 0.717) is 11.4 Å². The fourth-order valence-corrected chi connectivity index (χ4v) is 4.25. The summed E-state index contributed by atoms with van der Waals surface area (Å²) >= 11 is 0. The van der Waals surface area contributed by atoms with Crippen LogP contribution in [0.25, 0.3) is 11.0 Å². The van der Waals surface area contributed by atoms with Gasteiger partial charge in [0.15, 0.2) is 0 Å². The van der Waals surface area contributed by atoms with Gasteiger partial charge in [-0.3, -0.25) is 4.79 Å². The van der Waals surface area contributed by atoms with Crippen molar-refractivity contribution >= 4 is 16.9 Å². The molecule has 1 aromatic carbocycles. The lowest BCUT2D eigenvalue weighted by Gasteiger charge is -2.36. The molecule has 2 aromatic rings. The number of fused-ring (bicyclic) bond motifs is 1. The van der Waals surface area contributed by atoms with Gasteiger partial charge in [-0.15, -0.1) is 0 Å². The van der Waals surface area contributed by atoms with Crippen LogP contribution in [-0.4, -0.2) is 32.4 Å². The second kappa shape index (κ2) is 6.84. The number of alkyl halides is 3. The zero-order chi connectivity index (χ0) is 19.2. The van der Waals surface area contributed by atoms with Crippen LogP contribution >= 0.6 is 0 Å². The standard InChI is InChI=1S/C20H24F3N3O/c1-13-6-8-14(9-7-13)26(15-10-11-15)18(27)12-25-17-5-3-2-4-16(17)24-19(25)20(21,22)23/h2-5,13-15H,6-12H2,1H3. The molecule has 1 amide bonds. The summed E-state index contributed by atoms with van der Waals surface area (Å²) in [5.41, 5.74) is 0.619. The number of nitrogens with zero attached hydrogens (tertiary/aromatic N) is 3. The van der Waals surface area contributed by atoms with Gasteiger partial charge in [0.05, 0.1) is 11.0 Å². The summed E-state index contributed by atoms with van der Waals surface area (Å²) in [6.07, 6.45) is 1.35. The Hall–Kier alpha value is -2.05. The zero-order valence-electron chi connectivity index (χ0n) is 15.4. The zero-order valence-corrected chi connectivity index (χ0v) is 15.4. The number of aromatic nitrogens is 2. The minimum Gasteiger partial charge on any atom is -0.335 e. The third-order valence-electron chi connectivity index (χ3n) is 5.81. The molecule has 4 rings (SSSR count). The molecule has 2 saturated carbocycles. The molecule has 0 radical (unpaired) electrons. The molecule has 2 aliphatic carbocycles. The lowest BCUT2D eigenvalue weighted by atomic mass is 9.86. The van der Waals surface area contributed by atoms with Crippen molar-refractivity contribution in [3.63, 3.8) is 0 Å². The summed E-state index contributed by atoms with van der Waals surface area (Å²) in [6, 6.07) is 6.82. The maximum atomic E-state index is 13.5. The highest BCUT2D eigenvalue weighted by molar-refractivity contribution is 5.82. The number of rotatable bonds is 4. The molecule has 0 atom stereocenters. The number of carbonyl (C=O) groups is 1. The van der Waals surface area contributed by atoms with Crippen molar-refractivity contribution in [1.82, 2.24) is 14.5 Å². The average Bonchev–Trinajstić information content (AvgIpc) is 3.37. The van der Waals surface area contributed by atoms with Gasteiger partial charge in [-0.25, -0.2) is 4.98 Å². The molecular formula is C20H24F3N3O. The Balaban J connectivity index is 1.63. The fourth-order valence-electron chi connectivity index (χ4n) is 4.25. The van der Waals surface area contributed by atoms with Crippen molar-refractivity contribution in [2.24, 2.45) is 5.92 Å². The average molecular weight is 379 g/mol. The molecule has 0 saturated heterocycles. The highest BCUT2D eigenvalue weighted by atomic mass is 19.4. The molecule has 0 spiro atoms. The number of para-hydroxylation sites is 2. The number of amides is 1. The fraction of sp³-hybridized carbons (Fsp3) is 0.600. The predicted octanol–water partition coefficient (Wildman–Crippen LogP) is 4.62. The van der Waals surface area contributed by atoms with Gasteiger partial charge in [-0.1, -0.05) is 19.1 Å². The van der Waals surface area contributed by atoms with E-state index in [0.717, 1.165) is 43.1 Å². The van der Waals surface area contributed by atoms with Gasteiger partial charge in [0.2, 0.25) is 11.7 Å².